The van der Waals surface area contributed by atoms with E-state index in [2.05, 4.69) is 5.32 Å². The number of aliphatic hydroxyl groups excluding tert-OH is 2. The molecule has 1 unspecified atom stereocenters. The number of aliphatic hydroxyl groups is 3. The minimum absolute atomic E-state index is 0.0291. The number of furan rings is 1. The van der Waals surface area contributed by atoms with E-state index in [1.54, 1.807) is 6.07 Å². The number of amides is 1. The first kappa shape index (κ1) is 25.6. The molecule has 3 aliphatic rings. The maximum Gasteiger partial charge on any atom is 0.255 e. The Morgan fingerprint density at radius 2 is 1.87 bits per heavy atom. The number of carbonyl (C=O) groups is 3. The van der Waals surface area contributed by atoms with Crippen molar-refractivity contribution in [1.29, 1.82) is 0 Å². The van der Waals surface area contributed by atoms with Crippen LogP contribution in [0.3, 0.4) is 0 Å². The van der Waals surface area contributed by atoms with Gasteiger partial charge in [0, 0.05) is 35.7 Å². The fourth-order valence-corrected chi connectivity index (χ4v) is 5.97. The van der Waals surface area contributed by atoms with E-state index in [1.165, 1.54) is 0 Å². The second-order valence-electron chi connectivity index (χ2n) is 10.3. The summed E-state index contributed by atoms with van der Waals surface area (Å²) in [5, 5.41) is 47.5. The highest BCUT2D eigenvalue weighted by atomic mass is 16.4. The van der Waals surface area contributed by atoms with E-state index in [0.29, 0.717) is 29.1 Å². The number of carbonyl (C=O) groups excluding carboxylic acids is 3. The van der Waals surface area contributed by atoms with E-state index in [4.69, 9.17) is 15.9 Å². The first-order valence-electron chi connectivity index (χ1n) is 12.2. The van der Waals surface area contributed by atoms with Gasteiger partial charge in [-0.3, -0.25) is 14.4 Å². The zero-order chi connectivity index (χ0) is 27.7. The number of phenols is 1. The van der Waals surface area contributed by atoms with Crippen LogP contribution in [-0.4, -0.2) is 43.5 Å². The first-order chi connectivity index (χ1) is 17.9. The molecule has 1 aromatic carbocycles. The molecule has 0 saturated heterocycles. The number of nitrogen functional groups attached to an aromatic ring is 1. The molecule has 2 aromatic rings. The summed E-state index contributed by atoms with van der Waals surface area (Å²) in [7, 11) is 0. The number of nitrogens with one attached hydrogen (secondary N) is 1. The molecule has 11 nitrogen and oxygen atoms in total. The van der Waals surface area contributed by atoms with Gasteiger partial charge < -0.3 is 41.6 Å². The Morgan fingerprint density at radius 3 is 2.50 bits per heavy atom. The molecule has 3 atom stereocenters. The summed E-state index contributed by atoms with van der Waals surface area (Å²) in [6.45, 7) is 4.34. The number of hydrogen-bond acceptors (Lipinski definition) is 10. The van der Waals surface area contributed by atoms with Gasteiger partial charge in [0.05, 0.1) is 12.1 Å². The van der Waals surface area contributed by atoms with Gasteiger partial charge in [0.2, 0.25) is 5.78 Å². The van der Waals surface area contributed by atoms with Crippen LogP contribution in [0.4, 0.5) is 5.69 Å². The molecule has 0 radical (unpaired) electrons. The molecule has 0 spiro atoms. The predicted octanol–water partition coefficient (Wildman–Crippen LogP) is 1.51. The Labute approximate surface area is 217 Å². The van der Waals surface area contributed by atoms with Crippen molar-refractivity contribution in [3.8, 4) is 5.75 Å². The molecule has 1 heterocycles. The lowest BCUT2D eigenvalue weighted by molar-refractivity contribution is -0.147. The highest BCUT2D eigenvalue weighted by Gasteiger charge is 2.60. The van der Waals surface area contributed by atoms with Crippen molar-refractivity contribution in [2.75, 3.05) is 5.73 Å². The van der Waals surface area contributed by atoms with Crippen LogP contribution in [0.15, 0.2) is 33.5 Å². The van der Waals surface area contributed by atoms with E-state index in [-0.39, 0.29) is 42.7 Å². The van der Waals surface area contributed by atoms with Crippen LogP contribution in [0.1, 0.15) is 46.6 Å². The molecule has 200 valence electrons. The number of Topliss-reactive ketones (excluding diaryl/α,β-unsaturated/α-hetero) is 2. The summed E-state index contributed by atoms with van der Waals surface area (Å²) in [5.41, 5.74) is 9.99. The van der Waals surface area contributed by atoms with Crippen molar-refractivity contribution in [2.24, 2.45) is 17.6 Å². The Bertz CT molecular complexity index is 1460. The number of fused-ring (bicyclic) bond motifs is 3. The highest BCUT2D eigenvalue weighted by molar-refractivity contribution is 6.22. The van der Waals surface area contributed by atoms with E-state index >= 15 is 0 Å². The molecule has 1 aromatic heterocycles. The molecule has 11 heteroatoms. The lowest BCUT2D eigenvalue weighted by Gasteiger charge is -2.46. The number of aromatic hydroxyl groups is 1. The van der Waals surface area contributed by atoms with Crippen LogP contribution < -0.4 is 16.8 Å². The number of primary amides is 1. The molecule has 1 saturated carbocycles. The SMILES string of the molecule is Cc1cc(CNCc2cc(N)c3c(c2O)C(O)=C2C(=O)[C@]4(O)C(O)=C(C(N)=O)C(=O)C[C@@H]4CC2C3)oc1C. The van der Waals surface area contributed by atoms with Crippen molar-refractivity contribution >= 4 is 28.9 Å². The van der Waals surface area contributed by atoms with E-state index in [9.17, 15) is 34.8 Å². The molecule has 1 amide bonds. The van der Waals surface area contributed by atoms with Crippen molar-refractivity contribution in [3.63, 3.8) is 0 Å². The number of aryl methyl sites for hydroxylation is 2. The van der Waals surface area contributed by atoms with Crippen LogP contribution in [-0.2, 0) is 33.9 Å². The average molecular weight is 524 g/mol. The van der Waals surface area contributed by atoms with Gasteiger partial charge in [0.15, 0.2) is 11.4 Å². The third-order valence-corrected chi connectivity index (χ3v) is 8.01. The quantitative estimate of drug-likeness (QED) is 0.171. The maximum atomic E-state index is 13.6. The third-order valence-electron chi connectivity index (χ3n) is 8.01. The summed E-state index contributed by atoms with van der Waals surface area (Å²) in [5.74, 6) is -5.17. The second-order valence-corrected chi connectivity index (χ2v) is 10.3. The van der Waals surface area contributed by atoms with E-state index < -0.39 is 52.0 Å². The van der Waals surface area contributed by atoms with Crippen LogP contribution in [0.5, 0.6) is 5.75 Å². The second kappa shape index (κ2) is 8.74. The summed E-state index contributed by atoms with van der Waals surface area (Å²) in [6.07, 6.45) is -0.164. The molecule has 3 aliphatic carbocycles. The average Bonchev–Trinajstić information content (AvgIpc) is 3.15. The minimum atomic E-state index is -2.60. The lowest BCUT2D eigenvalue weighted by Crippen LogP contribution is -2.58. The molecule has 5 rings (SSSR count). The van der Waals surface area contributed by atoms with Crippen LogP contribution in [0.25, 0.3) is 5.76 Å². The van der Waals surface area contributed by atoms with Crippen LogP contribution in [0.2, 0.25) is 0 Å². The Hall–Kier alpha value is -4.09. The summed E-state index contributed by atoms with van der Waals surface area (Å²) < 4.78 is 5.64. The van der Waals surface area contributed by atoms with E-state index in [1.807, 2.05) is 19.9 Å². The number of anilines is 1. The molecular formula is C27H29N3O8. The number of nitrogens with two attached hydrogens (primary N) is 2. The zero-order valence-corrected chi connectivity index (χ0v) is 20.9. The van der Waals surface area contributed by atoms with Crippen LogP contribution in [0, 0.1) is 25.7 Å². The predicted molar refractivity (Wildman–Crippen MR) is 135 cm³/mol. The number of rotatable bonds is 5. The largest absolute Gasteiger partial charge is 0.508 e. The molecule has 9 N–H and O–H groups in total. The van der Waals surface area contributed by atoms with Crippen molar-refractivity contribution < 1.29 is 39.2 Å². The smallest absolute Gasteiger partial charge is 0.255 e. The summed E-state index contributed by atoms with van der Waals surface area (Å²) in [6, 6.07) is 3.50. The normalized spacial score (nSPS) is 24.8. The molecular weight excluding hydrogens is 494 g/mol. The van der Waals surface area contributed by atoms with E-state index in [0.717, 1.165) is 11.3 Å². The lowest BCUT2D eigenvalue weighted by atomic mass is 9.59. The fourth-order valence-electron chi connectivity index (χ4n) is 5.97. The third kappa shape index (κ3) is 3.61. The number of hydrogen-bond donors (Lipinski definition) is 7. The summed E-state index contributed by atoms with van der Waals surface area (Å²) in [4.78, 5) is 37.8. The number of ketones is 2. The van der Waals surface area contributed by atoms with Gasteiger partial charge in [0.1, 0.15) is 34.4 Å². The van der Waals surface area contributed by atoms with Crippen molar-refractivity contribution in [1.82, 2.24) is 5.32 Å². The Kier molecular flexibility index (Phi) is 5.88. The van der Waals surface area contributed by atoms with Gasteiger partial charge >= 0.3 is 0 Å². The number of phenolic OH excluding ortho intramolecular Hbond substituents is 1. The van der Waals surface area contributed by atoms with Crippen LogP contribution >= 0.6 is 0 Å². The first-order valence-corrected chi connectivity index (χ1v) is 12.2. The maximum absolute atomic E-state index is 13.6. The molecule has 0 bridgehead atoms. The van der Waals surface area contributed by atoms with Crippen molar-refractivity contribution in [2.45, 2.75) is 51.8 Å². The monoisotopic (exact) mass is 523 g/mol. The molecule has 38 heavy (non-hydrogen) atoms. The van der Waals surface area contributed by atoms with Gasteiger partial charge in [-0.25, -0.2) is 0 Å². The van der Waals surface area contributed by atoms with Gasteiger partial charge in [-0.1, -0.05) is 0 Å². The minimum Gasteiger partial charge on any atom is -0.508 e. The fraction of sp³-hybridized carbons (Fsp3) is 0.370. The van der Waals surface area contributed by atoms with Gasteiger partial charge in [-0.2, -0.15) is 0 Å². The standard InChI is InChI=1S/C27H29N3O8/c1-10-3-15(38-11(10)2)9-30-8-13-6-17(28)16-5-12-4-14-7-18(31)21(26(29)36)25(35)27(14,37)24(34)19(12)23(33)20(16)22(13)32/h3,6,12,14,30,32-33,35,37H,4-5,7-9,28H2,1-2H3,(H2,29,36)/t12?,14-,27-/m0/s1. The Balaban J connectivity index is 1.52. The van der Waals surface area contributed by atoms with Crippen molar-refractivity contribution in [3.05, 3.63) is 62.8 Å². The molecule has 0 aliphatic heterocycles. The zero-order valence-electron chi connectivity index (χ0n) is 20.9. The number of benzene rings is 1. The van der Waals surface area contributed by atoms with Gasteiger partial charge in [-0.05, 0) is 55.9 Å². The van der Waals surface area contributed by atoms with Gasteiger partial charge in [0.25, 0.3) is 5.91 Å². The topological polar surface area (TPSA) is 209 Å². The van der Waals surface area contributed by atoms with Gasteiger partial charge in [-0.15, -0.1) is 0 Å². The highest BCUT2D eigenvalue weighted by Crippen LogP contribution is 2.53. The summed E-state index contributed by atoms with van der Waals surface area (Å²) >= 11 is 0. The Morgan fingerprint density at radius 1 is 1.16 bits per heavy atom. The molecule has 1 fully saturated rings.